The number of pyridine rings is 1. The molecule has 3 aliphatic rings. The normalized spacial score (nSPS) is 20.5. The lowest BCUT2D eigenvalue weighted by Gasteiger charge is -2.34. The number of nitrogen functional groups attached to an aromatic ring is 2. The van der Waals surface area contributed by atoms with Crippen molar-refractivity contribution in [3.05, 3.63) is 58.2 Å². The number of hydrogen-bond donors (Lipinski definition) is 2. The number of rotatable bonds is 9. The van der Waals surface area contributed by atoms with Gasteiger partial charge >= 0.3 is 6.01 Å². The molecule has 0 saturated carbocycles. The van der Waals surface area contributed by atoms with Crippen LogP contribution in [0, 0.1) is 23.0 Å². The number of aromatic nitrogens is 3. The Morgan fingerprint density at radius 1 is 1.23 bits per heavy atom. The second kappa shape index (κ2) is 13.7. The summed E-state index contributed by atoms with van der Waals surface area (Å²) in [4.78, 5) is 23.8. The number of thiophene rings is 1. The van der Waals surface area contributed by atoms with Crippen LogP contribution in [0.4, 0.5) is 25.4 Å². The van der Waals surface area contributed by atoms with Crippen LogP contribution in [0.25, 0.3) is 32.1 Å². The Morgan fingerprint density at radius 2 is 2.08 bits per heavy atom. The maximum atomic E-state index is 17.4. The van der Waals surface area contributed by atoms with Gasteiger partial charge in [0.15, 0.2) is 11.6 Å². The molecule has 3 atom stereocenters. The van der Waals surface area contributed by atoms with Crippen molar-refractivity contribution in [3.8, 4) is 29.0 Å². The molecule has 6 heterocycles. The van der Waals surface area contributed by atoms with Crippen molar-refractivity contribution in [1.82, 2.24) is 19.9 Å². The van der Waals surface area contributed by atoms with E-state index in [1.165, 1.54) is 12.1 Å². The van der Waals surface area contributed by atoms with Gasteiger partial charge in [-0.05, 0) is 63.8 Å². The van der Waals surface area contributed by atoms with E-state index in [0.29, 0.717) is 24.8 Å². The van der Waals surface area contributed by atoms with Gasteiger partial charge in [0.25, 0.3) is 0 Å². The van der Waals surface area contributed by atoms with E-state index in [1.807, 2.05) is 24.8 Å². The highest BCUT2D eigenvalue weighted by molar-refractivity contribution is 7.23. The van der Waals surface area contributed by atoms with Gasteiger partial charge in [-0.25, -0.2) is 13.8 Å². The number of nitriles is 1. The fourth-order valence-electron chi connectivity index (χ4n) is 8.26. The SMILES string of the molecule is C/C=N/OC[C@@H]1CC[C@]2(COc3nc4c5c(c(Cl)c(-c6ccc(F)c7sc(N)c(C#N)c67)c(F)c5n3)OCCN4[C@H](C)c3cccnc3N)CCCN12. The van der Waals surface area contributed by atoms with E-state index >= 15 is 8.78 Å². The fraction of sp³-hybridized carbons (Fsp3) is 0.378. The second-order valence-corrected chi connectivity index (χ2v) is 14.9. The van der Waals surface area contributed by atoms with Crippen molar-refractivity contribution in [3.63, 3.8) is 0 Å². The van der Waals surface area contributed by atoms with Crippen LogP contribution >= 0.6 is 22.9 Å². The zero-order valence-corrected chi connectivity index (χ0v) is 30.6. The van der Waals surface area contributed by atoms with Crippen LogP contribution < -0.4 is 25.8 Å². The predicted octanol–water partition coefficient (Wildman–Crippen LogP) is 7.23. The Hall–Kier alpha value is -5.04. The van der Waals surface area contributed by atoms with E-state index in [2.05, 4.69) is 21.1 Å². The van der Waals surface area contributed by atoms with Crippen LogP contribution in [0.1, 0.15) is 56.7 Å². The largest absolute Gasteiger partial charge is 0.489 e. The van der Waals surface area contributed by atoms with Gasteiger partial charge in [0, 0.05) is 35.0 Å². The zero-order chi connectivity index (χ0) is 37.0. The van der Waals surface area contributed by atoms with Gasteiger partial charge in [0.05, 0.1) is 38.8 Å². The molecule has 0 bridgehead atoms. The molecular weight excluding hydrogens is 724 g/mol. The maximum Gasteiger partial charge on any atom is 0.319 e. The molecule has 0 unspecified atom stereocenters. The molecule has 16 heteroatoms. The van der Waals surface area contributed by atoms with Crippen molar-refractivity contribution >= 4 is 66.8 Å². The molecule has 0 radical (unpaired) electrons. The molecule has 2 saturated heterocycles. The minimum atomic E-state index is -0.807. The standard InChI is InChI=1S/C37H36ClF2N9O3S/c1-3-45-52-17-20-9-11-37(10-5-13-49(20)37)18-51-36-46-30-27-31(50-15-14-48(35(27)47-36)19(2)21-6-4-12-44-33(21)42)28(38)26(29(30)40)22-7-8-24(39)32-25(22)23(16-41)34(43)53-32/h3-4,6-8,12,19-20H,5,9-11,13-15,17-18,43H2,1-2H3,(H2,42,44)/b45-3+/t19-,20+,37+/m1/s1. The number of anilines is 3. The molecule has 12 nitrogen and oxygen atoms in total. The van der Waals surface area contributed by atoms with Crippen molar-refractivity contribution in [1.29, 1.82) is 5.26 Å². The second-order valence-electron chi connectivity index (χ2n) is 13.5. The number of nitrogens with zero attached hydrogens (tertiary/aromatic N) is 7. The Kier molecular flexibility index (Phi) is 9.08. The Labute approximate surface area is 312 Å². The van der Waals surface area contributed by atoms with Gasteiger partial charge in [0.2, 0.25) is 0 Å². The lowest BCUT2D eigenvalue weighted by molar-refractivity contribution is 0.0389. The molecule has 3 aromatic heterocycles. The molecular formula is C37H36ClF2N9O3S. The summed E-state index contributed by atoms with van der Waals surface area (Å²) in [6.07, 6.45) is 6.97. The third kappa shape index (κ3) is 5.71. The zero-order valence-electron chi connectivity index (χ0n) is 29.0. The highest BCUT2D eigenvalue weighted by atomic mass is 35.5. The predicted molar refractivity (Wildman–Crippen MR) is 202 cm³/mol. The first kappa shape index (κ1) is 35.0. The first-order valence-electron chi connectivity index (χ1n) is 17.4. The molecule has 2 aromatic carbocycles. The molecule has 3 aliphatic heterocycles. The van der Waals surface area contributed by atoms with Crippen molar-refractivity contribution in [2.45, 2.75) is 57.2 Å². The number of oxime groups is 1. The van der Waals surface area contributed by atoms with Gasteiger partial charge in [0.1, 0.15) is 53.9 Å². The summed E-state index contributed by atoms with van der Waals surface area (Å²) in [5.41, 5.74) is 13.0. The number of halogens is 3. The molecule has 274 valence electrons. The van der Waals surface area contributed by atoms with Crippen LogP contribution in [0.15, 0.2) is 35.6 Å². The lowest BCUT2D eigenvalue weighted by atomic mass is 9.95. The van der Waals surface area contributed by atoms with Crippen LogP contribution in [0.3, 0.4) is 0 Å². The van der Waals surface area contributed by atoms with Gasteiger partial charge in [-0.3, -0.25) is 4.90 Å². The van der Waals surface area contributed by atoms with Gasteiger partial charge in [-0.2, -0.15) is 15.2 Å². The lowest BCUT2D eigenvalue weighted by Crippen LogP contribution is -2.47. The van der Waals surface area contributed by atoms with E-state index in [4.69, 9.17) is 47.3 Å². The number of fused-ring (bicyclic) bond motifs is 2. The monoisotopic (exact) mass is 759 g/mol. The molecule has 53 heavy (non-hydrogen) atoms. The summed E-state index contributed by atoms with van der Waals surface area (Å²) < 4.78 is 45.4. The van der Waals surface area contributed by atoms with Crippen molar-refractivity contribution in [2.75, 3.05) is 49.3 Å². The van der Waals surface area contributed by atoms with E-state index in [0.717, 1.165) is 49.1 Å². The summed E-state index contributed by atoms with van der Waals surface area (Å²) in [6.45, 7) is 5.89. The third-order valence-corrected chi connectivity index (χ3v) is 12.1. The van der Waals surface area contributed by atoms with E-state index < -0.39 is 11.6 Å². The summed E-state index contributed by atoms with van der Waals surface area (Å²) in [6, 6.07) is 8.12. The first-order valence-corrected chi connectivity index (χ1v) is 18.6. The minimum absolute atomic E-state index is 0.0258. The first-order chi connectivity index (χ1) is 25.7. The van der Waals surface area contributed by atoms with E-state index in [9.17, 15) is 5.26 Å². The van der Waals surface area contributed by atoms with Crippen molar-refractivity contribution in [2.24, 2.45) is 5.16 Å². The quantitative estimate of drug-likeness (QED) is 0.115. The Bertz CT molecular complexity index is 2340. The molecule has 2 fully saturated rings. The van der Waals surface area contributed by atoms with E-state index in [-0.39, 0.29) is 90.3 Å². The van der Waals surface area contributed by atoms with Gasteiger partial charge < -0.3 is 30.7 Å². The number of benzene rings is 2. The van der Waals surface area contributed by atoms with Crippen LogP contribution in [0.2, 0.25) is 5.02 Å². The average Bonchev–Trinajstić information content (AvgIpc) is 3.78. The number of hydrogen-bond acceptors (Lipinski definition) is 13. The number of nitrogens with two attached hydrogens (primary N) is 2. The summed E-state index contributed by atoms with van der Waals surface area (Å²) in [7, 11) is 0. The molecule has 0 amide bonds. The summed E-state index contributed by atoms with van der Waals surface area (Å²) >= 11 is 8.01. The van der Waals surface area contributed by atoms with Crippen LogP contribution in [-0.2, 0) is 4.84 Å². The fourth-order valence-corrected chi connectivity index (χ4v) is 9.54. The van der Waals surface area contributed by atoms with Crippen LogP contribution in [0.5, 0.6) is 11.8 Å². The number of ether oxygens (including phenoxy) is 2. The third-order valence-electron chi connectivity index (χ3n) is 10.7. The van der Waals surface area contributed by atoms with Crippen LogP contribution in [-0.4, -0.2) is 70.6 Å². The maximum absolute atomic E-state index is 17.4. The molecule has 0 spiro atoms. The highest BCUT2D eigenvalue weighted by Crippen LogP contribution is 2.51. The summed E-state index contributed by atoms with van der Waals surface area (Å²) in [5.74, 6) is -0.550. The molecule has 0 aliphatic carbocycles. The molecule has 5 aromatic rings. The Balaban J connectivity index is 1.30. The highest BCUT2D eigenvalue weighted by Gasteiger charge is 2.50. The average molecular weight is 760 g/mol. The van der Waals surface area contributed by atoms with Crippen molar-refractivity contribution < 1.29 is 23.1 Å². The smallest absolute Gasteiger partial charge is 0.319 e. The van der Waals surface area contributed by atoms with E-state index in [1.54, 1.807) is 18.5 Å². The van der Waals surface area contributed by atoms with Gasteiger partial charge in [-0.15, -0.1) is 11.3 Å². The molecule has 4 N–H and O–H groups in total. The summed E-state index contributed by atoms with van der Waals surface area (Å²) in [5, 5.41) is 14.4. The minimum Gasteiger partial charge on any atom is -0.489 e. The Morgan fingerprint density at radius 3 is 2.87 bits per heavy atom. The molecule has 8 rings (SSSR count). The van der Waals surface area contributed by atoms with Gasteiger partial charge in [-0.1, -0.05) is 28.9 Å². The topological polar surface area (TPSA) is 161 Å².